The topological polar surface area (TPSA) is 55.8 Å². The SMILES string of the molecule is COc1ccc(C(CCOc2cc(C)cc(C)c2)C(=O)O)cc1. The number of carboxylic acid groups (broad SMARTS) is 1. The van der Waals surface area contributed by atoms with Gasteiger partial charge in [0.15, 0.2) is 0 Å². The van der Waals surface area contributed by atoms with Crippen LogP contribution in [0.15, 0.2) is 42.5 Å². The Morgan fingerprint density at radius 3 is 2.17 bits per heavy atom. The van der Waals surface area contributed by atoms with Gasteiger partial charge in [0.25, 0.3) is 0 Å². The van der Waals surface area contributed by atoms with Crippen LogP contribution in [0.1, 0.15) is 29.0 Å². The second kappa shape index (κ2) is 7.68. The second-order valence-corrected chi connectivity index (χ2v) is 5.62. The first kappa shape index (κ1) is 16.9. The van der Waals surface area contributed by atoms with Gasteiger partial charge < -0.3 is 14.6 Å². The largest absolute Gasteiger partial charge is 0.497 e. The number of aryl methyl sites for hydroxylation is 2. The number of ether oxygens (including phenoxy) is 2. The van der Waals surface area contributed by atoms with E-state index in [4.69, 9.17) is 9.47 Å². The molecule has 2 aromatic rings. The van der Waals surface area contributed by atoms with E-state index in [1.165, 1.54) is 0 Å². The molecule has 1 N–H and O–H groups in total. The third-order valence-corrected chi connectivity index (χ3v) is 3.69. The summed E-state index contributed by atoms with van der Waals surface area (Å²) < 4.78 is 10.8. The minimum atomic E-state index is -0.848. The lowest BCUT2D eigenvalue weighted by Gasteiger charge is -2.14. The van der Waals surface area contributed by atoms with Crippen molar-refractivity contribution in [2.75, 3.05) is 13.7 Å². The number of carboxylic acids is 1. The molecular formula is C19H22O4. The highest BCUT2D eigenvalue weighted by molar-refractivity contribution is 5.76. The Morgan fingerprint density at radius 1 is 1.04 bits per heavy atom. The number of rotatable bonds is 7. The van der Waals surface area contributed by atoms with Crippen LogP contribution in [0.2, 0.25) is 0 Å². The van der Waals surface area contributed by atoms with Crippen LogP contribution in [0.5, 0.6) is 11.5 Å². The van der Waals surface area contributed by atoms with Crippen molar-refractivity contribution in [1.29, 1.82) is 0 Å². The normalized spacial score (nSPS) is 11.8. The quantitative estimate of drug-likeness (QED) is 0.840. The van der Waals surface area contributed by atoms with Gasteiger partial charge in [0.2, 0.25) is 0 Å². The predicted molar refractivity (Wildman–Crippen MR) is 89.4 cm³/mol. The molecule has 0 aliphatic rings. The average molecular weight is 314 g/mol. The molecule has 0 radical (unpaired) electrons. The molecule has 23 heavy (non-hydrogen) atoms. The monoisotopic (exact) mass is 314 g/mol. The van der Waals surface area contributed by atoms with Crippen LogP contribution >= 0.6 is 0 Å². The molecule has 0 bridgehead atoms. The molecule has 0 heterocycles. The first-order chi connectivity index (χ1) is 11.0. The highest BCUT2D eigenvalue weighted by atomic mass is 16.5. The van der Waals surface area contributed by atoms with E-state index in [9.17, 15) is 9.90 Å². The first-order valence-corrected chi connectivity index (χ1v) is 7.57. The van der Waals surface area contributed by atoms with Gasteiger partial charge in [-0.15, -0.1) is 0 Å². The molecule has 1 atom stereocenters. The highest BCUT2D eigenvalue weighted by Gasteiger charge is 2.20. The van der Waals surface area contributed by atoms with Crippen molar-refractivity contribution in [3.63, 3.8) is 0 Å². The van der Waals surface area contributed by atoms with Crippen molar-refractivity contribution in [3.05, 3.63) is 59.2 Å². The van der Waals surface area contributed by atoms with E-state index in [2.05, 4.69) is 6.07 Å². The maximum absolute atomic E-state index is 11.5. The highest BCUT2D eigenvalue weighted by Crippen LogP contribution is 2.24. The minimum Gasteiger partial charge on any atom is -0.497 e. The fourth-order valence-corrected chi connectivity index (χ4v) is 2.58. The lowest BCUT2D eigenvalue weighted by Crippen LogP contribution is -2.15. The molecule has 0 aromatic heterocycles. The summed E-state index contributed by atoms with van der Waals surface area (Å²) in [5.41, 5.74) is 3.01. The molecule has 0 fully saturated rings. The molecule has 0 saturated carbocycles. The maximum Gasteiger partial charge on any atom is 0.311 e. The zero-order valence-corrected chi connectivity index (χ0v) is 13.7. The van der Waals surface area contributed by atoms with Crippen LogP contribution in [-0.4, -0.2) is 24.8 Å². The van der Waals surface area contributed by atoms with E-state index in [0.717, 1.165) is 22.4 Å². The Hall–Kier alpha value is -2.49. The lowest BCUT2D eigenvalue weighted by atomic mass is 9.96. The van der Waals surface area contributed by atoms with Gasteiger partial charge in [0.05, 0.1) is 19.6 Å². The summed E-state index contributed by atoms with van der Waals surface area (Å²) in [5, 5.41) is 9.45. The molecule has 4 nitrogen and oxygen atoms in total. The van der Waals surface area contributed by atoms with Crippen molar-refractivity contribution in [3.8, 4) is 11.5 Å². The van der Waals surface area contributed by atoms with Crippen LogP contribution in [0.3, 0.4) is 0 Å². The van der Waals surface area contributed by atoms with Gasteiger partial charge >= 0.3 is 5.97 Å². The van der Waals surface area contributed by atoms with Crippen molar-refractivity contribution in [2.45, 2.75) is 26.2 Å². The van der Waals surface area contributed by atoms with Crippen LogP contribution < -0.4 is 9.47 Å². The van der Waals surface area contributed by atoms with E-state index in [1.807, 2.05) is 26.0 Å². The molecule has 2 aromatic carbocycles. The Kier molecular flexibility index (Phi) is 5.63. The molecule has 0 spiro atoms. The number of carbonyl (C=O) groups is 1. The van der Waals surface area contributed by atoms with Gasteiger partial charge in [-0.3, -0.25) is 4.79 Å². The number of hydrogen-bond donors (Lipinski definition) is 1. The molecule has 0 saturated heterocycles. The van der Waals surface area contributed by atoms with E-state index in [1.54, 1.807) is 31.4 Å². The molecule has 0 aliphatic heterocycles. The van der Waals surface area contributed by atoms with E-state index < -0.39 is 11.9 Å². The summed E-state index contributed by atoms with van der Waals surface area (Å²) in [6, 6.07) is 13.1. The van der Waals surface area contributed by atoms with E-state index in [-0.39, 0.29) is 0 Å². The van der Waals surface area contributed by atoms with Gasteiger partial charge in [0.1, 0.15) is 11.5 Å². The fraction of sp³-hybridized carbons (Fsp3) is 0.316. The van der Waals surface area contributed by atoms with Gasteiger partial charge in [-0.05, 0) is 61.2 Å². The summed E-state index contributed by atoms with van der Waals surface area (Å²) in [5.74, 6) is 0.0525. The Labute approximate surface area is 136 Å². The molecule has 0 aliphatic carbocycles. The second-order valence-electron chi connectivity index (χ2n) is 5.62. The van der Waals surface area contributed by atoms with Gasteiger partial charge in [-0.1, -0.05) is 18.2 Å². The zero-order valence-electron chi connectivity index (χ0n) is 13.7. The molecule has 2 rings (SSSR count). The van der Waals surface area contributed by atoms with Gasteiger partial charge in [-0.25, -0.2) is 0 Å². The lowest BCUT2D eigenvalue weighted by molar-refractivity contribution is -0.139. The van der Waals surface area contributed by atoms with Crippen LogP contribution in [0.25, 0.3) is 0 Å². The van der Waals surface area contributed by atoms with Crippen LogP contribution in [0, 0.1) is 13.8 Å². The molecular weight excluding hydrogens is 292 g/mol. The standard InChI is InChI=1S/C19H22O4/c1-13-10-14(2)12-17(11-13)23-9-8-18(19(20)21)15-4-6-16(22-3)7-5-15/h4-7,10-12,18H,8-9H2,1-3H3,(H,20,21). The van der Waals surface area contributed by atoms with E-state index >= 15 is 0 Å². The Balaban J connectivity index is 2.00. The van der Waals surface area contributed by atoms with Crippen molar-refractivity contribution >= 4 is 5.97 Å². The Morgan fingerprint density at radius 2 is 1.65 bits per heavy atom. The van der Waals surface area contributed by atoms with Gasteiger partial charge in [-0.2, -0.15) is 0 Å². The van der Waals surface area contributed by atoms with Crippen molar-refractivity contribution in [1.82, 2.24) is 0 Å². The number of methoxy groups -OCH3 is 1. The summed E-state index contributed by atoms with van der Waals surface area (Å²) in [4.78, 5) is 11.5. The number of aliphatic carboxylic acids is 1. The summed E-state index contributed by atoms with van der Waals surface area (Å²) in [6.45, 7) is 4.38. The number of benzene rings is 2. The van der Waals surface area contributed by atoms with Gasteiger partial charge in [0, 0.05) is 0 Å². The first-order valence-electron chi connectivity index (χ1n) is 7.57. The number of hydrogen-bond acceptors (Lipinski definition) is 3. The molecule has 1 unspecified atom stereocenters. The molecule has 122 valence electrons. The minimum absolute atomic E-state index is 0.353. The zero-order chi connectivity index (χ0) is 16.8. The summed E-state index contributed by atoms with van der Waals surface area (Å²) >= 11 is 0. The third-order valence-electron chi connectivity index (χ3n) is 3.69. The fourth-order valence-electron chi connectivity index (χ4n) is 2.58. The van der Waals surface area contributed by atoms with Crippen LogP contribution in [-0.2, 0) is 4.79 Å². The van der Waals surface area contributed by atoms with E-state index in [0.29, 0.717) is 18.8 Å². The smallest absolute Gasteiger partial charge is 0.311 e. The van der Waals surface area contributed by atoms with Crippen molar-refractivity contribution in [2.24, 2.45) is 0 Å². The van der Waals surface area contributed by atoms with Crippen LogP contribution in [0.4, 0.5) is 0 Å². The summed E-state index contributed by atoms with van der Waals surface area (Å²) in [7, 11) is 1.58. The Bertz CT molecular complexity index is 641. The molecule has 0 amide bonds. The predicted octanol–water partition coefficient (Wildman–Crippen LogP) is 3.95. The molecule has 4 heteroatoms. The summed E-state index contributed by atoms with van der Waals surface area (Å²) in [6.07, 6.45) is 0.411. The van der Waals surface area contributed by atoms with Crippen molar-refractivity contribution < 1.29 is 19.4 Å². The third kappa shape index (κ3) is 4.74. The maximum atomic E-state index is 11.5. The average Bonchev–Trinajstić information content (AvgIpc) is 2.50.